The fourth-order valence-electron chi connectivity index (χ4n) is 4.73. The van der Waals surface area contributed by atoms with Gasteiger partial charge in [0.25, 0.3) is 0 Å². The van der Waals surface area contributed by atoms with Gasteiger partial charge in [0.05, 0.1) is 0 Å². The lowest BCUT2D eigenvalue weighted by atomic mass is 9.56. The van der Waals surface area contributed by atoms with Gasteiger partial charge in [-0.05, 0) is 62.2 Å². The molecule has 1 atom stereocenters. The second kappa shape index (κ2) is 4.44. The molecule has 16 heavy (non-hydrogen) atoms. The van der Waals surface area contributed by atoms with Crippen molar-refractivity contribution in [3.8, 4) is 0 Å². The summed E-state index contributed by atoms with van der Waals surface area (Å²) in [6.45, 7) is 2.20. The molecule has 0 spiro atoms. The summed E-state index contributed by atoms with van der Waals surface area (Å²) in [5, 5.41) is 0.597. The Morgan fingerprint density at radius 3 is 2.06 bits per heavy atom. The average molecular weight is 240 g/mol. The van der Waals surface area contributed by atoms with Crippen LogP contribution >= 0.6 is 0 Å². The van der Waals surface area contributed by atoms with E-state index in [-0.39, 0.29) is 0 Å². The molecule has 4 rings (SSSR count). The predicted octanol–water partition coefficient (Wildman–Crippen LogP) is 3.36. The van der Waals surface area contributed by atoms with E-state index in [2.05, 4.69) is 6.92 Å². The summed E-state index contributed by atoms with van der Waals surface area (Å²) in [6.07, 6.45) is 9.51. The molecule has 0 aromatic rings. The van der Waals surface area contributed by atoms with Crippen LogP contribution in [-0.4, -0.2) is 15.2 Å². The van der Waals surface area contributed by atoms with Gasteiger partial charge in [-0.2, -0.15) is 0 Å². The van der Waals surface area contributed by atoms with Gasteiger partial charge in [-0.15, -0.1) is 0 Å². The highest BCUT2D eigenvalue weighted by molar-refractivity contribution is 7.85. The molecule has 1 nitrogen and oxygen atoms in total. The van der Waals surface area contributed by atoms with E-state index in [0.717, 1.165) is 35.8 Å². The fourth-order valence-corrected chi connectivity index (χ4v) is 6.88. The first-order chi connectivity index (χ1) is 7.78. The summed E-state index contributed by atoms with van der Waals surface area (Å²) in [6, 6.07) is 0. The standard InChI is InChI=1S/C14H24OS/c1-2-3-4-16(15)14-12-6-10-5-11(8-12)9-13(14)7-10/h10-14H,2-9H2,1H3. The van der Waals surface area contributed by atoms with Crippen LogP contribution in [0, 0.1) is 23.7 Å². The van der Waals surface area contributed by atoms with Gasteiger partial charge in [0.15, 0.2) is 0 Å². The molecule has 0 radical (unpaired) electrons. The van der Waals surface area contributed by atoms with Crippen molar-refractivity contribution in [3.05, 3.63) is 0 Å². The lowest BCUT2D eigenvalue weighted by Gasteiger charge is -2.53. The van der Waals surface area contributed by atoms with E-state index in [4.69, 9.17) is 0 Å². The third-order valence-corrected chi connectivity index (χ3v) is 7.21. The predicted molar refractivity (Wildman–Crippen MR) is 68.8 cm³/mol. The van der Waals surface area contributed by atoms with Gasteiger partial charge >= 0.3 is 0 Å². The van der Waals surface area contributed by atoms with Gasteiger partial charge in [-0.1, -0.05) is 13.3 Å². The summed E-state index contributed by atoms with van der Waals surface area (Å²) < 4.78 is 12.4. The molecule has 4 bridgehead atoms. The lowest BCUT2D eigenvalue weighted by Crippen LogP contribution is -2.50. The average Bonchev–Trinajstić information content (AvgIpc) is 2.24. The van der Waals surface area contributed by atoms with Crippen LogP contribution in [0.4, 0.5) is 0 Å². The van der Waals surface area contributed by atoms with E-state index in [1.807, 2.05) is 0 Å². The summed E-state index contributed by atoms with van der Waals surface area (Å²) >= 11 is 0. The molecule has 4 fully saturated rings. The summed E-state index contributed by atoms with van der Waals surface area (Å²) in [5.74, 6) is 4.69. The Morgan fingerprint density at radius 1 is 1.00 bits per heavy atom. The van der Waals surface area contributed by atoms with Gasteiger partial charge in [0.2, 0.25) is 0 Å². The first-order valence-electron chi connectivity index (χ1n) is 7.15. The Labute approximate surface area is 102 Å². The zero-order valence-corrected chi connectivity index (χ0v) is 11.2. The SMILES string of the molecule is CCCCS(=O)C1C2CC3CC(C2)CC1C3. The summed E-state index contributed by atoms with van der Waals surface area (Å²) in [5.41, 5.74) is 0. The van der Waals surface area contributed by atoms with Crippen LogP contribution < -0.4 is 0 Å². The molecule has 0 heterocycles. The van der Waals surface area contributed by atoms with E-state index >= 15 is 0 Å². The smallest absolute Gasteiger partial charge is 0.0404 e. The zero-order chi connectivity index (χ0) is 11.1. The minimum Gasteiger partial charge on any atom is -0.259 e. The zero-order valence-electron chi connectivity index (χ0n) is 10.4. The molecular weight excluding hydrogens is 216 g/mol. The van der Waals surface area contributed by atoms with Crippen molar-refractivity contribution in [2.24, 2.45) is 23.7 Å². The molecule has 0 aliphatic heterocycles. The molecule has 4 aliphatic rings. The molecule has 0 amide bonds. The molecule has 0 aromatic heterocycles. The Bertz CT molecular complexity index is 258. The maximum absolute atomic E-state index is 12.4. The largest absolute Gasteiger partial charge is 0.259 e. The Hall–Kier alpha value is 0.150. The molecule has 0 N–H and O–H groups in total. The summed E-state index contributed by atoms with van der Waals surface area (Å²) in [4.78, 5) is 0. The molecule has 4 saturated carbocycles. The number of hydrogen-bond acceptors (Lipinski definition) is 1. The second-order valence-corrected chi connectivity index (χ2v) is 8.05. The van der Waals surface area contributed by atoms with Crippen molar-refractivity contribution in [1.29, 1.82) is 0 Å². The van der Waals surface area contributed by atoms with Crippen molar-refractivity contribution >= 4 is 10.8 Å². The first-order valence-corrected chi connectivity index (χ1v) is 8.53. The topological polar surface area (TPSA) is 17.1 Å². The molecule has 0 saturated heterocycles. The maximum atomic E-state index is 12.4. The number of unbranched alkanes of at least 4 members (excludes halogenated alkanes) is 1. The van der Waals surface area contributed by atoms with E-state index in [1.165, 1.54) is 38.5 Å². The highest BCUT2D eigenvalue weighted by atomic mass is 32.2. The quantitative estimate of drug-likeness (QED) is 0.736. The third-order valence-electron chi connectivity index (χ3n) is 5.14. The fraction of sp³-hybridized carbons (Fsp3) is 1.00. The first kappa shape index (κ1) is 11.3. The minimum atomic E-state index is -0.510. The van der Waals surface area contributed by atoms with E-state index < -0.39 is 10.8 Å². The van der Waals surface area contributed by atoms with Crippen molar-refractivity contribution in [2.45, 2.75) is 57.1 Å². The van der Waals surface area contributed by atoms with E-state index in [1.54, 1.807) is 0 Å². The van der Waals surface area contributed by atoms with Crippen molar-refractivity contribution in [2.75, 3.05) is 5.75 Å². The van der Waals surface area contributed by atoms with Crippen molar-refractivity contribution < 1.29 is 4.21 Å². The number of rotatable bonds is 4. The monoisotopic (exact) mass is 240 g/mol. The minimum absolute atomic E-state index is 0.510. The van der Waals surface area contributed by atoms with Crippen LogP contribution in [0.25, 0.3) is 0 Å². The highest BCUT2D eigenvalue weighted by Gasteiger charge is 2.49. The lowest BCUT2D eigenvalue weighted by molar-refractivity contribution is 0.0252. The second-order valence-electron chi connectivity index (χ2n) is 6.33. The third kappa shape index (κ3) is 1.87. The molecule has 92 valence electrons. The number of hydrogen-bond donors (Lipinski definition) is 0. The molecule has 0 aromatic carbocycles. The van der Waals surface area contributed by atoms with Crippen LogP contribution in [0.1, 0.15) is 51.9 Å². The van der Waals surface area contributed by atoms with Crippen LogP contribution in [0.15, 0.2) is 0 Å². The Kier molecular flexibility index (Phi) is 3.12. The molecule has 1 unspecified atom stereocenters. The van der Waals surface area contributed by atoms with E-state index in [9.17, 15) is 4.21 Å². The highest BCUT2D eigenvalue weighted by Crippen LogP contribution is 2.55. The van der Waals surface area contributed by atoms with Crippen LogP contribution in [-0.2, 0) is 10.8 Å². The normalized spacial score (nSPS) is 47.2. The van der Waals surface area contributed by atoms with Crippen molar-refractivity contribution in [3.63, 3.8) is 0 Å². The van der Waals surface area contributed by atoms with Gasteiger partial charge in [0, 0.05) is 21.8 Å². The van der Waals surface area contributed by atoms with Crippen LogP contribution in [0.3, 0.4) is 0 Å². The van der Waals surface area contributed by atoms with Gasteiger partial charge < -0.3 is 0 Å². The van der Waals surface area contributed by atoms with Crippen LogP contribution in [0.5, 0.6) is 0 Å². The van der Waals surface area contributed by atoms with Crippen molar-refractivity contribution in [1.82, 2.24) is 0 Å². The Morgan fingerprint density at radius 2 is 1.56 bits per heavy atom. The van der Waals surface area contributed by atoms with Crippen LogP contribution in [0.2, 0.25) is 0 Å². The maximum Gasteiger partial charge on any atom is 0.0404 e. The Balaban J connectivity index is 1.69. The molecule has 4 aliphatic carbocycles. The molecular formula is C14H24OS. The van der Waals surface area contributed by atoms with Gasteiger partial charge in [0.1, 0.15) is 0 Å². The van der Waals surface area contributed by atoms with E-state index in [0.29, 0.717) is 5.25 Å². The summed E-state index contributed by atoms with van der Waals surface area (Å²) in [7, 11) is -0.510. The molecule has 2 heteroatoms. The van der Waals surface area contributed by atoms with Gasteiger partial charge in [-0.3, -0.25) is 4.21 Å². The van der Waals surface area contributed by atoms with Gasteiger partial charge in [-0.25, -0.2) is 0 Å².